The number of carbonyl (C=O) groups is 1. The van der Waals surface area contributed by atoms with E-state index in [0.717, 1.165) is 35.7 Å². The Bertz CT molecular complexity index is 746. The Labute approximate surface area is 155 Å². The second-order valence-electron chi connectivity index (χ2n) is 8.87. The van der Waals surface area contributed by atoms with Crippen LogP contribution >= 0.6 is 0 Å². The topological polar surface area (TPSA) is 41.6 Å². The van der Waals surface area contributed by atoms with Crippen molar-refractivity contribution in [2.45, 2.75) is 57.0 Å². The molecule has 4 nitrogen and oxygen atoms in total. The zero-order chi connectivity index (χ0) is 17.7. The summed E-state index contributed by atoms with van der Waals surface area (Å²) in [5.41, 5.74) is 2.34. The molecule has 26 heavy (non-hydrogen) atoms. The monoisotopic (exact) mass is 352 g/mol. The van der Waals surface area contributed by atoms with E-state index in [2.05, 4.69) is 22.9 Å². The van der Waals surface area contributed by atoms with Crippen LogP contribution in [0.1, 0.15) is 50.5 Å². The molecule has 4 atom stereocenters. The number of benzene rings is 1. The number of ether oxygens (including phenoxy) is 1. The summed E-state index contributed by atoms with van der Waals surface area (Å²) in [6.45, 7) is 5.16. The molecule has 0 radical (unpaired) electrons. The highest BCUT2D eigenvalue weighted by atomic mass is 16.5. The van der Waals surface area contributed by atoms with Crippen molar-refractivity contribution in [1.29, 1.82) is 0 Å². The lowest BCUT2D eigenvalue weighted by Gasteiger charge is -2.49. The first-order valence-electron chi connectivity index (χ1n) is 10.1. The summed E-state index contributed by atoms with van der Waals surface area (Å²) in [6, 6.07) is 5.96. The van der Waals surface area contributed by atoms with E-state index in [1.807, 2.05) is 12.1 Å². The number of hydrogen-bond donors (Lipinski definition) is 1. The summed E-state index contributed by atoms with van der Waals surface area (Å²) in [7, 11) is 0. The van der Waals surface area contributed by atoms with Gasteiger partial charge in [-0.2, -0.15) is 0 Å². The van der Waals surface area contributed by atoms with Crippen LogP contribution < -0.4 is 10.1 Å². The van der Waals surface area contributed by atoms with Crippen molar-refractivity contribution < 1.29 is 9.53 Å². The first-order valence-corrected chi connectivity index (χ1v) is 10.1. The maximum atomic E-state index is 11.6. The molecule has 0 spiro atoms. The maximum Gasteiger partial charge on any atom is 0.247 e. The normalized spacial score (nSPS) is 35.3. The van der Waals surface area contributed by atoms with Crippen LogP contribution in [-0.4, -0.2) is 23.1 Å². The molecule has 5 rings (SSSR count). The third kappa shape index (κ3) is 2.66. The van der Waals surface area contributed by atoms with Crippen LogP contribution in [0, 0.1) is 17.8 Å². The maximum absolute atomic E-state index is 11.6. The van der Waals surface area contributed by atoms with E-state index in [4.69, 9.17) is 4.74 Å². The Kier molecular flexibility index (Phi) is 3.85. The third-order valence-corrected chi connectivity index (χ3v) is 7.39. The molecule has 0 saturated heterocycles. The van der Waals surface area contributed by atoms with Gasteiger partial charge in [0, 0.05) is 23.3 Å². The summed E-state index contributed by atoms with van der Waals surface area (Å²) in [5, 5.41) is 2.87. The number of nitrogens with zero attached hydrogens (tertiary/aromatic N) is 1. The summed E-state index contributed by atoms with van der Waals surface area (Å²) in [4.78, 5) is 14.2. The van der Waals surface area contributed by atoms with Crippen molar-refractivity contribution in [3.05, 3.63) is 36.4 Å². The lowest BCUT2D eigenvalue weighted by atomic mass is 9.72. The molecule has 1 aliphatic heterocycles. The molecule has 1 N–H and O–H groups in total. The second-order valence-corrected chi connectivity index (χ2v) is 8.87. The van der Waals surface area contributed by atoms with Crippen molar-refractivity contribution in [3.8, 4) is 5.75 Å². The highest BCUT2D eigenvalue weighted by Gasteiger charge is 2.52. The minimum absolute atomic E-state index is 0.171. The van der Waals surface area contributed by atoms with Crippen molar-refractivity contribution in [3.63, 3.8) is 0 Å². The molecule has 4 aliphatic rings. The standard InChI is InChI=1S/C22H28N2O2/c1-2-21(25)23-19-5-6-20-18(10-19)13-24(14-26-20)22-7-3-4-16-8-15(11-22)9-17(16)12-22/h2,5-6,10,15-17H,1,3-4,7-9,11-14H2,(H,23,25)/t15-,16-,17?,22?/m0/s1. The van der Waals surface area contributed by atoms with Gasteiger partial charge < -0.3 is 10.1 Å². The summed E-state index contributed by atoms with van der Waals surface area (Å²) < 4.78 is 6.14. The molecular formula is C22H28N2O2. The molecule has 1 heterocycles. The van der Waals surface area contributed by atoms with Gasteiger partial charge in [0.1, 0.15) is 12.5 Å². The molecule has 3 saturated carbocycles. The van der Waals surface area contributed by atoms with Gasteiger partial charge in [0.2, 0.25) is 5.91 Å². The van der Waals surface area contributed by atoms with Gasteiger partial charge in [-0.05, 0) is 74.1 Å². The molecule has 138 valence electrons. The lowest BCUT2D eigenvalue weighted by molar-refractivity contribution is -0.111. The van der Waals surface area contributed by atoms with Gasteiger partial charge >= 0.3 is 0 Å². The predicted octanol–water partition coefficient (Wildman–Crippen LogP) is 4.32. The first kappa shape index (κ1) is 16.4. The molecule has 2 unspecified atom stereocenters. The Morgan fingerprint density at radius 1 is 1.31 bits per heavy atom. The minimum Gasteiger partial charge on any atom is -0.478 e. The van der Waals surface area contributed by atoms with E-state index in [1.54, 1.807) is 0 Å². The number of amides is 1. The van der Waals surface area contributed by atoms with Gasteiger partial charge in [0.15, 0.2) is 0 Å². The minimum atomic E-state index is -0.171. The summed E-state index contributed by atoms with van der Waals surface area (Å²) in [5.74, 6) is 3.65. The van der Waals surface area contributed by atoms with Crippen LogP contribution in [0.25, 0.3) is 0 Å². The Hall–Kier alpha value is -1.81. The number of rotatable bonds is 3. The van der Waals surface area contributed by atoms with Crippen LogP contribution in [0.2, 0.25) is 0 Å². The third-order valence-electron chi connectivity index (χ3n) is 7.39. The van der Waals surface area contributed by atoms with Crippen LogP contribution in [-0.2, 0) is 11.3 Å². The molecule has 1 aromatic rings. The number of anilines is 1. The largest absolute Gasteiger partial charge is 0.478 e. The molecule has 3 bridgehead atoms. The van der Waals surface area contributed by atoms with Gasteiger partial charge in [-0.25, -0.2) is 0 Å². The van der Waals surface area contributed by atoms with E-state index in [9.17, 15) is 4.79 Å². The van der Waals surface area contributed by atoms with Gasteiger partial charge in [-0.15, -0.1) is 0 Å². The molecular weight excluding hydrogens is 324 g/mol. The molecule has 1 amide bonds. The van der Waals surface area contributed by atoms with E-state index in [0.29, 0.717) is 12.3 Å². The van der Waals surface area contributed by atoms with Gasteiger partial charge in [-0.3, -0.25) is 9.69 Å². The lowest BCUT2D eigenvalue weighted by Crippen LogP contribution is -2.54. The van der Waals surface area contributed by atoms with E-state index in [-0.39, 0.29) is 5.91 Å². The SMILES string of the molecule is C=CC(=O)Nc1ccc2c(c1)CN(C13CCC[C@H]4C[C@@H](CC4C1)C3)CO2. The van der Waals surface area contributed by atoms with Crippen LogP contribution in [0.3, 0.4) is 0 Å². The van der Waals surface area contributed by atoms with Gasteiger partial charge in [0.05, 0.1) is 0 Å². The fourth-order valence-corrected chi connectivity index (χ4v) is 6.35. The second kappa shape index (κ2) is 6.12. The van der Waals surface area contributed by atoms with Crippen molar-refractivity contribution in [2.75, 3.05) is 12.0 Å². The molecule has 3 aliphatic carbocycles. The molecule has 4 heteroatoms. The van der Waals surface area contributed by atoms with Crippen LogP contribution in [0.15, 0.2) is 30.9 Å². The van der Waals surface area contributed by atoms with Crippen molar-refractivity contribution >= 4 is 11.6 Å². The number of fused-ring (bicyclic) bond motifs is 3. The van der Waals surface area contributed by atoms with E-state index >= 15 is 0 Å². The van der Waals surface area contributed by atoms with Gasteiger partial charge in [-0.1, -0.05) is 19.4 Å². The van der Waals surface area contributed by atoms with E-state index in [1.165, 1.54) is 56.6 Å². The van der Waals surface area contributed by atoms with Gasteiger partial charge in [0.25, 0.3) is 0 Å². The average molecular weight is 352 g/mol. The quantitative estimate of drug-likeness (QED) is 0.824. The summed E-state index contributed by atoms with van der Waals surface area (Å²) in [6.07, 6.45) is 11.1. The number of hydrogen-bond acceptors (Lipinski definition) is 3. The van der Waals surface area contributed by atoms with Crippen molar-refractivity contribution in [2.24, 2.45) is 17.8 Å². The molecule has 1 aromatic carbocycles. The predicted molar refractivity (Wildman–Crippen MR) is 102 cm³/mol. The highest BCUT2D eigenvalue weighted by molar-refractivity contribution is 5.98. The summed E-state index contributed by atoms with van der Waals surface area (Å²) >= 11 is 0. The van der Waals surface area contributed by atoms with Crippen molar-refractivity contribution in [1.82, 2.24) is 4.90 Å². The zero-order valence-electron chi connectivity index (χ0n) is 15.4. The highest BCUT2D eigenvalue weighted by Crippen LogP contribution is 2.57. The smallest absolute Gasteiger partial charge is 0.247 e. The van der Waals surface area contributed by atoms with E-state index < -0.39 is 0 Å². The molecule has 0 aromatic heterocycles. The van der Waals surface area contributed by atoms with Crippen LogP contribution in [0.4, 0.5) is 5.69 Å². The number of carbonyl (C=O) groups excluding carboxylic acids is 1. The average Bonchev–Trinajstić information content (AvgIpc) is 2.86. The Balaban J connectivity index is 1.40. The zero-order valence-corrected chi connectivity index (χ0v) is 15.4. The first-order chi connectivity index (χ1) is 12.6. The fraction of sp³-hybridized carbons (Fsp3) is 0.591. The van der Waals surface area contributed by atoms with Crippen LogP contribution in [0.5, 0.6) is 5.75 Å². The number of nitrogens with one attached hydrogen (secondary N) is 1. The Morgan fingerprint density at radius 2 is 2.19 bits per heavy atom. The molecule has 3 fully saturated rings. The Morgan fingerprint density at radius 3 is 3.08 bits per heavy atom. The fourth-order valence-electron chi connectivity index (χ4n) is 6.35.